The summed E-state index contributed by atoms with van der Waals surface area (Å²) in [6.07, 6.45) is 4.41. The summed E-state index contributed by atoms with van der Waals surface area (Å²) in [6, 6.07) is 0. The van der Waals surface area contributed by atoms with E-state index in [4.69, 9.17) is 9.47 Å². The molecule has 0 atom stereocenters. The van der Waals surface area contributed by atoms with Gasteiger partial charge in [0.25, 0.3) is 0 Å². The number of hydrogen-bond acceptors (Lipinski definition) is 3. The van der Waals surface area contributed by atoms with Crippen LogP contribution in [0, 0.1) is 0 Å². The predicted molar refractivity (Wildman–Crippen MR) is 54.4 cm³/mol. The number of aromatic nitrogens is 2. The van der Waals surface area contributed by atoms with Crippen molar-refractivity contribution in [2.45, 2.75) is 25.9 Å². The number of rotatable bonds is 5. The molecule has 0 saturated carbocycles. The van der Waals surface area contributed by atoms with E-state index >= 15 is 0 Å². The van der Waals surface area contributed by atoms with Crippen molar-refractivity contribution in [2.75, 3.05) is 13.7 Å². The topological polar surface area (TPSA) is 36.3 Å². The molecule has 0 aliphatic carbocycles. The average Bonchev–Trinajstić information content (AvgIpc) is 2.51. The van der Waals surface area contributed by atoms with Crippen LogP contribution in [0.25, 0.3) is 0 Å². The van der Waals surface area contributed by atoms with Gasteiger partial charge in [0.1, 0.15) is 0 Å². The van der Waals surface area contributed by atoms with Crippen molar-refractivity contribution in [1.29, 1.82) is 0 Å². The summed E-state index contributed by atoms with van der Waals surface area (Å²) in [6.45, 7) is 4.73. The maximum Gasteiger partial charge on any atom is 0.157 e. The molecule has 0 N–H and O–H groups in total. The van der Waals surface area contributed by atoms with Gasteiger partial charge in [-0.25, -0.2) is 0 Å². The highest BCUT2D eigenvalue weighted by Gasteiger charge is 2.15. The summed E-state index contributed by atoms with van der Waals surface area (Å²) in [7, 11) is 3.58. The fraction of sp³-hybridized carbons (Fsp3) is 0.700. The Bertz CT molecular complexity index is 281. The lowest BCUT2D eigenvalue weighted by atomic mass is 10.1. The lowest BCUT2D eigenvalue weighted by Crippen LogP contribution is -2.25. The van der Waals surface area contributed by atoms with E-state index in [0.29, 0.717) is 6.61 Å². The molecule has 1 aromatic heterocycles. The van der Waals surface area contributed by atoms with Crippen LogP contribution < -0.4 is 4.74 Å². The zero-order valence-corrected chi connectivity index (χ0v) is 9.28. The molecule has 1 aromatic rings. The Hall–Kier alpha value is -1.03. The van der Waals surface area contributed by atoms with Crippen LogP contribution in [-0.2, 0) is 11.8 Å². The first-order valence-corrected chi connectivity index (χ1v) is 4.70. The summed E-state index contributed by atoms with van der Waals surface area (Å²) in [4.78, 5) is 0. The van der Waals surface area contributed by atoms with E-state index < -0.39 is 0 Å². The maximum atomic E-state index is 5.50. The van der Waals surface area contributed by atoms with Crippen molar-refractivity contribution in [1.82, 2.24) is 9.78 Å². The molecule has 1 heterocycles. The molecule has 4 heteroatoms. The summed E-state index contributed by atoms with van der Waals surface area (Å²) in [5, 5.41) is 4.01. The second-order valence-electron chi connectivity index (χ2n) is 3.91. The first-order valence-electron chi connectivity index (χ1n) is 4.70. The molecule has 1 rings (SSSR count). The summed E-state index contributed by atoms with van der Waals surface area (Å²) < 4.78 is 12.5. The fourth-order valence-corrected chi connectivity index (χ4v) is 0.990. The third-order valence-electron chi connectivity index (χ3n) is 2.21. The first kappa shape index (κ1) is 11.0. The number of nitrogens with zero attached hydrogens (tertiary/aromatic N) is 2. The SMILES string of the molecule is COC(C)(C)CCOc1cnn(C)c1. The fourth-order valence-electron chi connectivity index (χ4n) is 0.990. The third kappa shape index (κ3) is 3.38. The van der Waals surface area contributed by atoms with Crippen molar-refractivity contribution in [3.8, 4) is 5.75 Å². The maximum absolute atomic E-state index is 5.50. The highest BCUT2D eigenvalue weighted by Crippen LogP contribution is 2.14. The second-order valence-corrected chi connectivity index (χ2v) is 3.91. The van der Waals surface area contributed by atoms with Crippen LogP contribution in [0.2, 0.25) is 0 Å². The van der Waals surface area contributed by atoms with Crippen LogP contribution in [0.1, 0.15) is 20.3 Å². The van der Waals surface area contributed by atoms with E-state index in [2.05, 4.69) is 5.10 Å². The van der Waals surface area contributed by atoms with Gasteiger partial charge in [0.2, 0.25) is 0 Å². The van der Waals surface area contributed by atoms with Gasteiger partial charge in [0.05, 0.1) is 24.6 Å². The van der Waals surface area contributed by atoms with E-state index in [-0.39, 0.29) is 5.60 Å². The molecule has 0 bridgehead atoms. The lowest BCUT2D eigenvalue weighted by molar-refractivity contribution is 0.00545. The molecule has 80 valence electrons. The van der Waals surface area contributed by atoms with Gasteiger partial charge in [-0.2, -0.15) is 5.10 Å². The Labute approximate surface area is 84.8 Å². The minimum atomic E-state index is -0.123. The Kier molecular flexibility index (Phi) is 3.52. The molecule has 0 aromatic carbocycles. The third-order valence-corrected chi connectivity index (χ3v) is 2.21. The molecular formula is C10H18N2O2. The lowest BCUT2D eigenvalue weighted by Gasteiger charge is -2.22. The largest absolute Gasteiger partial charge is 0.490 e. The zero-order valence-electron chi connectivity index (χ0n) is 9.28. The van der Waals surface area contributed by atoms with Crippen LogP contribution >= 0.6 is 0 Å². The van der Waals surface area contributed by atoms with E-state index in [1.807, 2.05) is 27.1 Å². The minimum Gasteiger partial charge on any atom is -0.490 e. The van der Waals surface area contributed by atoms with Crippen LogP contribution in [0.15, 0.2) is 12.4 Å². The van der Waals surface area contributed by atoms with E-state index in [1.165, 1.54) is 0 Å². The van der Waals surface area contributed by atoms with E-state index in [9.17, 15) is 0 Å². The molecule has 4 nitrogen and oxygen atoms in total. The number of hydrogen-bond donors (Lipinski definition) is 0. The van der Waals surface area contributed by atoms with Crippen molar-refractivity contribution < 1.29 is 9.47 Å². The highest BCUT2D eigenvalue weighted by molar-refractivity contribution is 5.11. The van der Waals surface area contributed by atoms with Crippen LogP contribution in [0.3, 0.4) is 0 Å². The molecule has 0 spiro atoms. The summed E-state index contributed by atoms with van der Waals surface area (Å²) in [5.74, 6) is 0.805. The minimum absolute atomic E-state index is 0.123. The van der Waals surface area contributed by atoms with Crippen molar-refractivity contribution >= 4 is 0 Å². The Balaban J connectivity index is 2.28. The highest BCUT2D eigenvalue weighted by atomic mass is 16.5. The molecular weight excluding hydrogens is 180 g/mol. The molecule has 0 radical (unpaired) electrons. The van der Waals surface area contributed by atoms with E-state index in [0.717, 1.165) is 12.2 Å². The van der Waals surface area contributed by atoms with Crippen LogP contribution in [-0.4, -0.2) is 29.1 Å². The molecule has 14 heavy (non-hydrogen) atoms. The number of methoxy groups -OCH3 is 1. The van der Waals surface area contributed by atoms with E-state index in [1.54, 1.807) is 18.0 Å². The van der Waals surface area contributed by atoms with Gasteiger partial charge >= 0.3 is 0 Å². The smallest absolute Gasteiger partial charge is 0.157 e. The van der Waals surface area contributed by atoms with Crippen LogP contribution in [0.4, 0.5) is 0 Å². The van der Waals surface area contributed by atoms with Gasteiger partial charge < -0.3 is 9.47 Å². The van der Waals surface area contributed by atoms with Gasteiger partial charge in [0.15, 0.2) is 5.75 Å². The molecule has 0 aliphatic heterocycles. The molecule has 0 fully saturated rings. The van der Waals surface area contributed by atoms with Crippen molar-refractivity contribution in [3.63, 3.8) is 0 Å². The Morgan fingerprint density at radius 3 is 2.71 bits per heavy atom. The monoisotopic (exact) mass is 198 g/mol. The molecule has 0 amide bonds. The average molecular weight is 198 g/mol. The second kappa shape index (κ2) is 4.46. The molecule has 0 aliphatic rings. The van der Waals surface area contributed by atoms with Gasteiger partial charge in [-0.3, -0.25) is 4.68 Å². The van der Waals surface area contributed by atoms with Gasteiger partial charge in [-0.15, -0.1) is 0 Å². The van der Waals surface area contributed by atoms with Crippen molar-refractivity contribution in [3.05, 3.63) is 12.4 Å². The standard InChI is InChI=1S/C10H18N2O2/c1-10(2,13-4)5-6-14-9-7-11-12(3)8-9/h7-8H,5-6H2,1-4H3. The molecule has 0 saturated heterocycles. The number of aryl methyl sites for hydroxylation is 1. The number of ether oxygens (including phenoxy) is 2. The summed E-state index contributed by atoms with van der Waals surface area (Å²) in [5.41, 5.74) is -0.123. The predicted octanol–water partition coefficient (Wildman–Crippen LogP) is 1.61. The zero-order chi connectivity index (χ0) is 10.6. The van der Waals surface area contributed by atoms with Gasteiger partial charge in [-0.05, 0) is 13.8 Å². The van der Waals surface area contributed by atoms with Gasteiger partial charge in [-0.1, -0.05) is 0 Å². The Morgan fingerprint density at radius 2 is 2.21 bits per heavy atom. The Morgan fingerprint density at radius 1 is 1.50 bits per heavy atom. The molecule has 0 unspecified atom stereocenters. The summed E-state index contributed by atoms with van der Waals surface area (Å²) >= 11 is 0. The first-order chi connectivity index (χ1) is 6.53. The quantitative estimate of drug-likeness (QED) is 0.721. The van der Waals surface area contributed by atoms with Gasteiger partial charge in [0, 0.05) is 20.6 Å². The van der Waals surface area contributed by atoms with Crippen molar-refractivity contribution in [2.24, 2.45) is 7.05 Å². The normalized spacial score (nSPS) is 11.7. The van der Waals surface area contributed by atoms with Crippen LogP contribution in [0.5, 0.6) is 5.75 Å².